The number of nitrogens with one attached hydrogen (secondary N) is 1. The van der Waals surface area contributed by atoms with E-state index in [-0.39, 0.29) is 17.1 Å². The second kappa shape index (κ2) is 5.17. The lowest BCUT2D eigenvalue weighted by Gasteiger charge is -2.17. The van der Waals surface area contributed by atoms with Crippen molar-refractivity contribution in [1.29, 1.82) is 0 Å². The number of nitrogens with zero attached hydrogens (tertiary/aromatic N) is 3. The van der Waals surface area contributed by atoms with Gasteiger partial charge in [0.1, 0.15) is 18.3 Å². The van der Waals surface area contributed by atoms with Gasteiger partial charge in [0.15, 0.2) is 21.2 Å². The van der Waals surface area contributed by atoms with Gasteiger partial charge in [-0.1, -0.05) is 0 Å². The van der Waals surface area contributed by atoms with Gasteiger partial charge in [-0.05, 0) is 0 Å². The molecule has 3 rings (SSSR count). The van der Waals surface area contributed by atoms with Gasteiger partial charge >= 0.3 is 0 Å². The fourth-order valence-corrected chi connectivity index (χ4v) is 3.04. The molecule has 1 aliphatic heterocycles. The van der Waals surface area contributed by atoms with Crippen LogP contribution < -0.4 is 11.3 Å². The number of aliphatic hydroxyl groups is 3. The van der Waals surface area contributed by atoms with Crippen LogP contribution in [-0.4, -0.2) is 59.8 Å². The molecule has 21 heavy (non-hydrogen) atoms. The van der Waals surface area contributed by atoms with Crippen LogP contribution in [0, 0.1) is 3.83 Å². The molecular formula is C10H12IN5O5. The van der Waals surface area contributed by atoms with Crippen molar-refractivity contribution in [2.24, 2.45) is 0 Å². The van der Waals surface area contributed by atoms with Crippen LogP contribution >= 0.6 is 22.6 Å². The summed E-state index contributed by atoms with van der Waals surface area (Å²) in [6.07, 6.45) is -4.51. The number of H-pyrrole nitrogens is 1. The van der Waals surface area contributed by atoms with Crippen molar-refractivity contribution in [3.63, 3.8) is 0 Å². The molecule has 0 amide bonds. The largest absolute Gasteiger partial charge is 0.394 e. The predicted octanol–water partition coefficient (Wildman–Crippen LogP) is -2.08. The second-order valence-corrected chi connectivity index (χ2v) is 5.57. The maximum atomic E-state index is 11.8. The van der Waals surface area contributed by atoms with Crippen LogP contribution in [0.25, 0.3) is 11.2 Å². The molecule has 3 heterocycles. The molecule has 4 atom stereocenters. The summed E-state index contributed by atoms with van der Waals surface area (Å²) in [5, 5.41) is 29.0. The van der Waals surface area contributed by atoms with E-state index < -0.39 is 36.7 Å². The Morgan fingerprint density at radius 2 is 2.10 bits per heavy atom. The first-order valence-corrected chi connectivity index (χ1v) is 7.07. The summed E-state index contributed by atoms with van der Waals surface area (Å²) < 4.78 is 7.12. The molecule has 0 aliphatic carbocycles. The number of nitrogens with two attached hydrogens (primary N) is 1. The van der Waals surface area contributed by atoms with Gasteiger partial charge in [0.25, 0.3) is 5.56 Å². The minimum Gasteiger partial charge on any atom is -0.394 e. The molecule has 0 unspecified atom stereocenters. The van der Waals surface area contributed by atoms with Crippen LogP contribution in [0.15, 0.2) is 4.79 Å². The quantitative estimate of drug-likeness (QED) is 0.279. The van der Waals surface area contributed by atoms with Crippen LogP contribution in [0.5, 0.6) is 0 Å². The molecule has 1 saturated heterocycles. The Bertz CT molecular complexity index is 745. The van der Waals surface area contributed by atoms with E-state index in [1.54, 1.807) is 0 Å². The number of aliphatic hydroxyl groups excluding tert-OH is 3. The summed E-state index contributed by atoms with van der Waals surface area (Å²) in [5.41, 5.74) is 5.18. The van der Waals surface area contributed by atoms with Crippen molar-refractivity contribution >= 4 is 39.7 Å². The number of anilines is 1. The number of rotatable bonds is 2. The first kappa shape index (κ1) is 14.6. The van der Waals surface area contributed by atoms with E-state index >= 15 is 0 Å². The van der Waals surface area contributed by atoms with Crippen LogP contribution in [0.4, 0.5) is 5.95 Å². The molecule has 0 spiro atoms. The molecule has 6 N–H and O–H groups in total. The molecule has 0 radical (unpaired) electrons. The van der Waals surface area contributed by atoms with Crippen molar-refractivity contribution in [3.05, 3.63) is 14.2 Å². The zero-order chi connectivity index (χ0) is 15.3. The lowest BCUT2D eigenvalue weighted by atomic mass is 10.1. The van der Waals surface area contributed by atoms with Crippen LogP contribution in [0.2, 0.25) is 0 Å². The number of ether oxygens (including phenoxy) is 1. The highest BCUT2D eigenvalue weighted by Gasteiger charge is 2.44. The fraction of sp³-hybridized carbons (Fsp3) is 0.500. The van der Waals surface area contributed by atoms with Gasteiger partial charge in [-0.2, -0.15) is 4.98 Å². The fourth-order valence-electron chi connectivity index (χ4n) is 2.29. The van der Waals surface area contributed by atoms with Crippen molar-refractivity contribution < 1.29 is 20.1 Å². The number of nitrogen functional groups attached to an aromatic ring is 1. The van der Waals surface area contributed by atoms with Crippen LogP contribution in [0.3, 0.4) is 0 Å². The van der Waals surface area contributed by atoms with E-state index in [1.807, 2.05) is 22.6 Å². The molecule has 0 bridgehead atoms. The van der Waals surface area contributed by atoms with Crippen LogP contribution in [0.1, 0.15) is 6.23 Å². The normalized spacial score (nSPS) is 29.3. The number of halogens is 1. The Kier molecular flexibility index (Phi) is 3.61. The molecule has 0 aromatic carbocycles. The standard InChI is InChI=1S/C10H12IN5O5/c11-9-13-3-6(14-10(12)15-7(3)20)16(9)8-5(19)4(18)2(1-17)21-8/h2,4-5,8,17-19H,1H2,(H3,12,14,15,20)/t2-,4-,5+,8-/m1/s1. The van der Waals surface area contributed by atoms with Gasteiger partial charge in [-0.3, -0.25) is 14.3 Å². The third-order valence-corrected chi connectivity index (χ3v) is 4.06. The van der Waals surface area contributed by atoms with Gasteiger partial charge in [0.05, 0.1) is 6.61 Å². The number of hydrogen-bond acceptors (Lipinski definition) is 8. The molecule has 10 nitrogen and oxygen atoms in total. The first-order valence-electron chi connectivity index (χ1n) is 5.99. The summed E-state index contributed by atoms with van der Waals surface area (Å²) in [7, 11) is 0. The van der Waals surface area contributed by atoms with Gasteiger partial charge in [-0.25, -0.2) is 4.98 Å². The average molecular weight is 409 g/mol. The Hall–Kier alpha value is -1.28. The maximum absolute atomic E-state index is 11.8. The minimum absolute atomic E-state index is 0.0475. The number of hydrogen-bond donors (Lipinski definition) is 5. The molecule has 0 saturated carbocycles. The number of aromatic amines is 1. The van der Waals surface area contributed by atoms with Gasteiger partial charge in [0, 0.05) is 22.6 Å². The van der Waals surface area contributed by atoms with Crippen molar-refractivity contribution in [3.8, 4) is 0 Å². The van der Waals surface area contributed by atoms with Crippen LogP contribution in [-0.2, 0) is 4.74 Å². The van der Waals surface area contributed by atoms with E-state index in [2.05, 4.69) is 15.0 Å². The summed E-state index contributed by atoms with van der Waals surface area (Å²) in [6.45, 7) is -0.450. The summed E-state index contributed by atoms with van der Waals surface area (Å²) in [6, 6.07) is 0. The lowest BCUT2D eigenvalue weighted by molar-refractivity contribution is -0.0522. The van der Waals surface area contributed by atoms with Crippen molar-refractivity contribution in [2.45, 2.75) is 24.5 Å². The number of aromatic nitrogens is 4. The van der Waals surface area contributed by atoms with E-state index in [4.69, 9.17) is 15.6 Å². The van der Waals surface area contributed by atoms with E-state index in [1.165, 1.54) is 4.57 Å². The van der Waals surface area contributed by atoms with Crippen molar-refractivity contribution in [2.75, 3.05) is 12.3 Å². The van der Waals surface area contributed by atoms with E-state index in [0.29, 0.717) is 3.83 Å². The molecule has 1 aliphatic rings. The molecule has 11 heteroatoms. The van der Waals surface area contributed by atoms with E-state index in [9.17, 15) is 15.0 Å². The molecule has 114 valence electrons. The lowest BCUT2D eigenvalue weighted by Crippen LogP contribution is -2.33. The smallest absolute Gasteiger partial charge is 0.280 e. The third-order valence-electron chi connectivity index (χ3n) is 3.30. The highest BCUT2D eigenvalue weighted by molar-refractivity contribution is 14.1. The zero-order valence-corrected chi connectivity index (χ0v) is 12.6. The Balaban J connectivity index is 2.17. The van der Waals surface area contributed by atoms with Gasteiger partial charge in [0.2, 0.25) is 5.95 Å². The maximum Gasteiger partial charge on any atom is 0.280 e. The number of fused-ring (bicyclic) bond motifs is 1. The summed E-state index contributed by atoms with van der Waals surface area (Å²) in [4.78, 5) is 22.2. The third kappa shape index (κ3) is 2.20. The average Bonchev–Trinajstić information content (AvgIpc) is 2.89. The van der Waals surface area contributed by atoms with E-state index in [0.717, 1.165) is 0 Å². The predicted molar refractivity (Wildman–Crippen MR) is 78.3 cm³/mol. The first-order chi connectivity index (χ1) is 9.93. The highest BCUT2D eigenvalue weighted by atomic mass is 127. The monoisotopic (exact) mass is 409 g/mol. The minimum atomic E-state index is -1.30. The number of imidazole rings is 1. The Labute approximate surface area is 130 Å². The Morgan fingerprint density at radius 1 is 1.38 bits per heavy atom. The molecule has 2 aromatic rings. The van der Waals surface area contributed by atoms with Gasteiger partial charge < -0.3 is 25.8 Å². The van der Waals surface area contributed by atoms with Gasteiger partial charge in [-0.15, -0.1) is 0 Å². The van der Waals surface area contributed by atoms with Crippen molar-refractivity contribution in [1.82, 2.24) is 19.5 Å². The zero-order valence-electron chi connectivity index (χ0n) is 10.5. The SMILES string of the molecule is Nc1nc2c(nc(I)n2[C@@H]2O[C@H](CO)[C@@H](O)[C@@H]2O)c(=O)[nH]1. The highest BCUT2D eigenvalue weighted by Crippen LogP contribution is 2.32. The molecular weight excluding hydrogens is 397 g/mol. The Morgan fingerprint density at radius 3 is 2.71 bits per heavy atom. The summed E-state index contributed by atoms with van der Waals surface area (Å²) >= 11 is 1.85. The summed E-state index contributed by atoms with van der Waals surface area (Å²) in [5.74, 6) is -0.100. The molecule has 1 fully saturated rings. The molecule has 2 aromatic heterocycles. The topological polar surface area (TPSA) is 160 Å². The second-order valence-electron chi connectivity index (χ2n) is 4.60.